The van der Waals surface area contributed by atoms with Crippen LogP contribution >= 0.6 is 0 Å². The molecule has 0 atom stereocenters. The fourth-order valence-corrected chi connectivity index (χ4v) is 1.47. The van der Waals surface area contributed by atoms with Crippen LogP contribution in [0.2, 0.25) is 0 Å². The average Bonchev–Trinajstić information content (AvgIpc) is 2.39. The van der Waals surface area contributed by atoms with Gasteiger partial charge in [0.15, 0.2) is 5.78 Å². The molecule has 0 N–H and O–H groups in total. The van der Waals surface area contributed by atoms with Gasteiger partial charge in [0.25, 0.3) is 5.69 Å². The van der Waals surface area contributed by atoms with Gasteiger partial charge in [-0.3, -0.25) is 14.9 Å². The van der Waals surface area contributed by atoms with Crippen LogP contribution in [0.3, 0.4) is 0 Å². The molecule has 0 heterocycles. The topological polar surface area (TPSA) is 60.2 Å². The van der Waals surface area contributed by atoms with Gasteiger partial charge in [0.1, 0.15) is 0 Å². The molecular weight excluding hydrogens is 218 g/mol. The summed E-state index contributed by atoms with van der Waals surface area (Å²) in [6.07, 6.45) is 0. The normalized spacial score (nSPS) is 9.88. The summed E-state index contributed by atoms with van der Waals surface area (Å²) in [5.41, 5.74) is 0.716. The number of hydrogen-bond acceptors (Lipinski definition) is 3. The number of rotatable bonds is 3. The van der Waals surface area contributed by atoms with E-state index in [0.717, 1.165) is 0 Å². The van der Waals surface area contributed by atoms with Crippen LogP contribution in [-0.2, 0) is 0 Å². The van der Waals surface area contributed by atoms with Crippen LogP contribution in [-0.4, -0.2) is 10.7 Å². The summed E-state index contributed by atoms with van der Waals surface area (Å²) in [4.78, 5) is 22.1. The Morgan fingerprint density at radius 1 is 1.12 bits per heavy atom. The molecule has 2 aromatic carbocycles. The predicted molar refractivity (Wildman–Crippen MR) is 61.8 cm³/mol. The highest BCUT2D eigenvalue weighted by Gasteiger charge is 2.12. The molecule has 2 rings (SSSR count). The zero-order valence-corrected chi connectivity index (χ0v) is 8.79. The van der Waals surface area contributed by atoms with Gasteiger partial charge >= 0.3 is 0 Å². The second kappa shape index (κ2) is 4.57. The fourth-order valence-electron chi connectivity index (χ4n) is 1.47. The first kappa shape index (κ1) is 11.0. The standard InChI is InChI=1S/C13H8NO3/c15-13(10-5-2-1-3-6-10)11-7-4-8-12(9-11)14(16)17/h2-9H. The molecule has 0 saturated heterocycles. The molecule has 4 nitrogen and oxygen atoms in total. The maximum atomic E-state index is 12.0. The summed E-state index contributed by atoms with van der Waals surface area (Å²) >= 11 is 0. The van der Waals surface area contributed by atoms with Crippen molar-refractivity contribution in [2.24, 2.45) is 0 Å². The highest BCUT2D eigenvalue weighted by molar-refractivity contribution is 6.09. The highest BCUT2D eigenvalue weighted by atomic mass is 16.6. The van der Waals surface area contributed by atoms with Gasteiger partial charge in [-0.1, -0.05) is 36.4 Å². The summed E-state index contributed by atoms with van der Waals surface area (Å²) in [5.74, 6) is -0.234. The van der Waals surface area contributed by atoms with Crippen molar-refractivity contribution in [1.29, 1.82) is 0 Å². The van der Waals surface area contributed by atoms with Crippen molar-refractivity contribution in [2.75, 3.05) is 0 Å². The van der Waals surface area contributed by atoms with Crippen LogP contribution < -0.4 is 0 Å². The number of nitrogens with zero attached hydrogens (tertiary/aromatic N) is 1. The third kappa shape index (κ3) is 2.36. The second-order valence-electron chi connectivity index (χ2n) is 3.43. The van der Waals surface area contributed by atoms with E-state index in [4.69, 9.17) is 0 Å². The van der Waals surface area contributed by atoms with E-state index in [1.165, 1.54) is 18.2 Å². The first-order chi connectivity index (χ1) is 8.18. The second-order valence-corrected chi connectivity index (χ2v) is 3.43. The minimum absolute atomic E-state index is 0.0849. The summed E-state index contributed by atoms with van der Waals surface area (Å²) in [5, 5.41) is 10.6. The maximum Gasteiger partial charge on any atom is 0.270 e. The van der Waals surface area contributed by atoms with Crippen molar-refractivity contribution < 1.29 is 9.72 Å². The molecule has 0 saturated carbocycles. The third-order valence-electron chi connectivity index (χ3n) is 2.30. The number of nitro benzene ring substituents is 1. The van der Waals surface area contributed by atoms with Crippen LogP contribution in [0.25, 0.3) is 0 Å². The Bertz CT molecular complexity index is 564. The molecule has 0 spiro atoms. The number of nitro groups is 1. The zero-order chi connectivity index (χ0) is 12.3. The lowest BCUT2D eigenvalue weighted by Crippen LogP contribution is -2.01. The number of ketones is 1. The SMILES string of the molecule is O=C(c1cc[c]cc1)c1cccc([N+](=O)[O-])c1. The Labute approximate surface area is 97.7 Å². The molecule has 0 aliphatic carbocycles. The van der Waals surface area contributed by atoms with Crippen molar-refractivity contribution in [3.8, 4) is 0 Å². The monoisotopic (exact) mass is 226 g/mol. The Morgan fingerprint density at radius 3 is 2.47 bits per heavy atom. The molecule has 17 heavy (non-hydrogen) atoms. The molecule has 0 bridgehead atoms. The molecule has 83 valence electrons. The third-order valence-corrected chi connectivity index (χ3v) is 2.30. The highest BCUT2D eigenvalue weighted by Crippen LogP contribution is 2.16. The van der Waals surface area contributed by atoms with E-state index >= 15 is 0 Å². The molecule has 0 aliphatic heterocycles. The Balaban J connectivity index is 2.38. The first-order valence-electron chi connectivity index (χ1n) is 4.94. The van der Waals surface area contributed by atoms with Crippen LogP contribution in [0.5, 0.6) is 0 Å². The maximum absolute atomic E-state index is 12.0. The summed E-state index contributed by atoms with van der Waals surface area (Å²) in [6.45, 7) is 0. The minimum Gasteiger partial charge on any atom is -0.289 e. The number of benzene rings is 2. The largest absolute Gasteiger partial charge is 0.289 e. The van der Waals surface area contributed by atoms with Crippen LogP contribution in [0.1, 0.15) is 15.9 Å². The lowest BCUT2D eigenvalue weighted by atomic mass is 10.0. The van der Waals surface area contributed by atoms with Crippen molar-refractivity contribution >= 4 is 11.5 Å². The van der Waals surface area contributed by atoms with Crippen LogP contribution in [0.15, 0.2) is 48.5 Å². The van der Waals surface area contributed by atoms with Gasteiger partial charge in [0.05, 0.1) is 4.92 Å². The summed E-state index contributed by atoms with van der Waals surface area (Å²) < 4.78 is 0. The number of carbonyl (C=O) groups excluding carboxylic acids is 1. The van der Waals surface area contributed by atoms with Crippen molar-refractivity contribution in [1.82, 2.24) is 0 Å². The molecule has 0 unspecified atom stereocenters. The lowest BCUT2D eigenvalue weighted by Gasteiger charge is -2.00. The van der Waals surface area contributed by atoms with Gasteiger partial charge in [-0.25, -0.2) is 0 Å². The van der Waals surface area contributed by atoms with Gasteiger partial charge < -0.3 is 0 Å². The van der Waals surface area contributed by atoms with Gasteiger partial charge in [0, 0.05) is 23.3 Å². The van der Waals surface area contributed by atoms with Crippen molar-refractivity contribution in [3.05, 3.63) is 75.8 Å². The predicted octanol–water partition coefficient (Wildman–Crippen LogP) is 2.63. The van der Waals surface area contributed by atoms with Crippen LogP contribution in [0.4, 0.5) is 5.69 Å². The molecule has 0 amide bonds. The summed E-state index contributed by atoms with van der Waals surface area (Å²) in [6, 6.07) is 15.0. The van der Waals surface area contributed by atoms with Gasteiger partial charge in [-0.15, -0.1) is 0 Å². The Morgan fingerprint density at radius 2 is 1.82 bits per heavy atom. The van der Waals surface area contributed by atoms with E-state index in [1.54, 1.807) is 30.3 Å². The number of non-ortho nitro benzene ring substituents is 1. The van der Waals surface area contributed by atoms with E-state index in [9.17, 15) is 14.9 Å². The average molecular weight is 226 g/mol. The molecule has 0 fully saturated rings. The zero-order valence-electron chi connectivity index (χ0n) is 8.79. The smallest absolute Gasteiger partial charge is 0.270 e. The number of hydrogen-bond donors (Lipinski definition) is 0. The van der Waals surface area contributed by atoms with E-state index in [2.05, 4.69) is 6.07 Å². The van der Waals surface area contributed by atoms with E-state index in [0.29, 0.717) is 11.1 Å². The molecule has 1 radical (unpaired) electrons. The number of carbonyl (C=O) groups is 1. The minimum atomic E-state index is -0.518. The van der Waals surface area contributed by atoms with E-state index in [-0.39, 0.29) is 11.5 Å². The van der Waals surface area contributed by atoms with Gasteiger partial charge in [-0.2, -0.15) is 0 Å². The molecule has 2 aromatic rings. The Hall–Kier alpha value is -2.49. The quantitative estimate of drug-likeness (QED) is 0.459. The van der Waals surface area contributed by atoms with Gasteiger partial charge in [0.2, 0.25) is 0 Å². The molecule has 4 heteroatoms. The molecular formula is C13H8NO3. The Kier molecular flexibility index (Phi) is 2.96. The lowest BCUT2D eigenvalue weighted by molar-refractivity contribution is -0.384. The van der Waals surface area contributed by atoms with E-state index < -0.39 is 4.92 Å². The molecule has 0 aliphatic rings. The first-order valence-corrected chi connectivity index (χ1v) is 4.94. The van der Waals surface area contributed by atoms with E-state index in [1.807, 2.05) is 0 Å². The summed E-state index contributed by atoms with van der Waals surface area (Å²) in [7, 11) is 0. The van der Waals surface area contributed by atoms with Gasteiger partial charge in [-0.05, 0) is 6.07 Å². The van der Waals surface area contributed by atoms with Crippen molar-refractivity contribution in [2.45, 2.75) is 0 Å². The van der Waals surface area contributed by atoms with Crippen molar-refractivity contribution in [3.63, 3.8) is 0 Å². The molecule has 0 aromatic heterocycles. The van der Waals surface area contributed by atoms with Crippen LogP contribution in [0, 0.1) is 16.2 Å². The fraction of sp³-hybridized carbons (Fsp3) is 0.